The van der Waals surface area contributed by atoms with Crippen molar-refractivity contribution in [3.05, 3.63) is 39.4 Å². The van der Waals surface area contributed by atoms with Crippen LogP contribution in [0.3, 0.4) is 0 Å². The van der Waals surface area contributed by atoms with Crippen molar-refractivity contribution in [1.29, 1.82) is 5.26 Å². The van der Waals surface area contributed by atoms with Crippen LogP contribution in [0.4, 0.5) is 5.69 Å². The van der Waals surface area contributed by atoms with Gasteiger partial charge in [0, 0.05) is 24.7 Å². The molecule has 0 aromatic heterocycles. The molecule has 0 bridgehead atoms. The van der Waals surface area contributed by atoms with E-state index in [0.29, 0.717) is 5.56 Å². The van der Waals surface area contributed by atoms with Crippen LogP contribution >= 0.6 is 0 Å². The molecule has 0 aliphatic heterocycles. The van der Waals surface area contributed by atoms with Crippen molar-refractivity contribution < 1.29 is 10.0 Å². The number of non-ortho nitro benzene ring substituents is 1. The summed E-state index contributed by atoms with van der Waals surface area (Å²) in [6.45, 7) is 1.63. The molecule has 0 saturated heterocycles. The summed E-state index contributed by atoms with van der Waals surface area (Å²) in [5, 5.41) is 28.2. The minimum atomic E-state index is -0.547. The number of nitro benzene ring substituents is 1. The van der Waals surface area contributed by atoms with E-state index in [1.54, 1.807) is 13.0 Å². The van der Waals surface area contributed by atoms with E-state index in [0.717, 1.165) is 0 Å². The number of rotatable bonds is 3. The van der Waals surface area contributed by atoms with E-state index >= 15 is 0 Å². The largest absolute Gasteiger partial charge is 0.396 e. The van der Waals surface area contributed by atoms with Gasteiger partial charge in [-0.1, -0.05) is 6.92 Å². The van der Waals surface area contributed by atoms with Gasteiger partial charge in [-0.3, -0.25) is 10.1 Å². The van der Waals surface area contributed by atoms with Gasteiger partial charge in [-0.15, -0.1) is 0 Å². The fraction of sp³-hybridized carbons (Fsp3) is 0.300. The number of nitriles is 1. The summed E-state index contributed by atoms with van der Waals surface area (Å²) in [5.74, 6) is -0.211. The zero-order valence-electron chi connectivity index (χ0n) is 8.17. The second-order valence-electron chi connectivity index (χ2n) is 3.27. The highest BCUT2D eigenvalue weighted by Gasteiger charge is 2.13. The number of hydrogen-bond acceptors (Lipinski definition) is 4. The van der Waals surface area contributed by atoms with E-state index in [2.05, 4.69) is 0 Å². The van der Waals surface area contributed by atoms with Gasteiger partial charge < -0.3 is 5.11 Å². The molecule has 78 valence electrons. The van der Waals surface area contributed by atoms with Crippen LogP contribution in [-0.4, -0.2) is 16.6 Å². The van der Waals surface area contributed by atoms with E-state index in [1.165, 1.54) is 12.1 Å². The first-order valence-electron chi connectivity index (χ1n) is 4.38. The van der Waals surface area contributed by atoms with E-state index in [9.17, 15) is 10.1 Å². The van der Waals surface area contributed by atoms with Crippen molar-refractivity contribution in [2.75, 3.05) is 6.61 Å². The topological polar surface area (TPSA) is 87.2 Å². The van der Waals surface area contributed by atoms with Crippen LogP contribution in [0, 0.1) is 21.4 Å². The van der Waals surface area contributed by atoms with Crippen molar-refractivity contribution in [3.63, 3.8) is 0 Å². The minimum absolute atomic E-state index is 0.105. The summed E-state index contributed by atoms with van der Waals surface area (Å²) in [4.78, 5) is 10.0. The fourth-order valence-corrected chi connectivity index (χ4v) is 1.19. The smallest absolute Gasteiger partial charge is 0.271 e. The highest BCUT2D eigenvalue weighted by molar-refractivity contribution is 5.45. The van der Waals surface area contributed by atoms with Gasteiger partial charge in [0.15, 0.2) is 0 Å². The molecule has 0 radical (unpaired) electrons. The van der Waals surface area contributed by atoms with E-state index in [-0.39, 0.29) is 23.8 Å². The molecule has 1 aromatic rings. The van der Waals surface area contributed by atoms with Crippen LogP contribution in [0.1, 0.15) is 24.0 Å². The summed E-state index contributed by atoms with van der Waals surface area (Å²) in [7, 11) is 0. The van der Waals surface area contributed by atoms with Crippen LogP contribution in [0.15, 0.2) is 18.2 Å². The van der Waals surface area contributed by atoms with Crippen molar-refractivity contribution >= 4 is 5.69 Å². The van der Waals surface area contributed by atoms with E-state index in [1.807, 2.05) is 6.07 Å². The van der Waals surface area contributed by atoms with Crippen LogP contribution < -0.4 is 0 Å². The van der Waals surface area contributed by atoms with Gasteiger partial charge >= 0.3 is 0 Å². The molecule has 0 fully saturated rings. The van der Waals surface area contributed by atoms with Gasteiger partial charge in [0.1, 0.15) is 0 Å². The SMILES string of the molecule is CC(CO)c1cc(C#N)cc([N+](=O)[O-])c1. The lowest BCUT2D eigenvalue weighted by Crippen LogP contribution is -2.00. The molecular weight excluding hydrogens is 196 g/mol. The first-order valence-corrected chi connectivity index (χ1v) is 4.38. The molecule has 5 heteroatoms. The summed E-state index contributed by atoms with van der Waals surface area (Å²) in [6, 6.07) is 6.00. The van der Waals surface area contributed by atoms with Gasteiger partial charge in [-0.25, -0.2) is 0 Å². The average Bonchev–Trinajstić information content (AvgIpc) is 2.27. The molecular formula is C10H10N2O3. The second kappa shape index (κ2) is 4.53. The third-order valence-electron chi connectivity index (χ3n) is 2.12. The Kier molecular flexibility index (Phi) is 3.37. The highest BCUT2D eigenvalue weighted by atomic mass is 16.6. The van der Waals surface area contributed by atoms with Gasteiger partial charge in [0.25, 0.3) is 5.69 Å². The average molecular weight is 206 g/mol. The number of nitrogens with zero attached hydrogens (tertiary/aromatic N) is 2. The predicted octanol–water partition coefficient (Wildman–Crippen LogP) is 1.56. The Morgan fingerprint density at radius 2 is 2.27 bits per heavy atom. The lowest BCUT2D eigenvalue weighted by molar-refractivity contribution is -0.385. The molecule has 0 aliphatic rings. The van der Waals surface area contributed by atoms with Crippen molar-refractivity contribution in [2.45, 2.75) is 12.8 Å². The lowest BCUT2D eigenvalue weighted by atomic mass is 9.99. The van der Waals surface area contributed by atoms with Crippen LogP contribution in [-0.2, 0) is 0 Å². The van der Waals surface area contributed by atoms with Gasteiger partial charge in [-0.2, -0.15) is 5.26 Å². The Bertz CT molecular complexity index is 423. The zero-order valence-corrected chi connectivity index (χ0v) is 8.17. The monoisotopic (exact) mass is 206 g/mol. The molecule has 0 spiro atoms. The van der Waals surface area contributed by atoms with Crippen LogP contribution in [0.25, 0.3) is 0 Å². The Hall–Kier alpha value is -1.93. The number of aliphatic hydroxyl groups excluding tert-OH is 1. The number of nitro groups is 1. The van der Waals surface area contributed by atoms with E-state index in [4.69, 9.17) is 10.4 Å². The first kappa shape index (κ1) is 11.1. The Balaban J connectivity index is 3.24. The molecule has 1 rings (SSSR count). The number of hydrogen-bond donors (Lipinski definition) is 1. The molecule has 0 heterocycles. The highest BCUT2D eigenvalue weighted by Crippen LogP contribution is 2.22. The molecule has 5 nitrogen and oxygen atoms in total. The van der Waals surface area contributed by atoms with E-state index < -0.39 is 4.92 Å². The third kappa shape index (κ3) is 2.51. The maximum absolute atomic E-state index is 10.6. The van der Waals surface area contributed by atoms with Crippen molar-refractivity contribution in [3.8, 4) is 6.07 Å². The maximum Gasteiger partial charge on any atom is 0.271 e. The van der Waals surface area contributed by atoms with Crippen molar-refractivity contribution in [2.24, 2.45) is 0 Å². The lowest BCUT2D eigenvalue weighted by Gasteiger charge is -2.07. The normalized spacial score (nSPS) is 11.8. The summed E-state index contributed by atoms with van der Waals surface area (Å²) >= 11 is 0. The standard InChI is InChI=1S/C10H10N2O3/c1-7(6-13)9-2-8(5-11)3-10(4-9)12(14)15/h2-4,7,13H,6H2,1H3. The summed E-state index contributed by atoms with van der Waals surface area (Å²) in [5.41, 5.74) is 0.715. The van der Waals surface area contributed by atoms with Crippen molar-refractivity contribution in [1.82, 2.24) is 0 Å². The third-order valence-corrected chi connectivity index (χ3v) is 2.12. The molecule has 0 saturated carbocycles. The molecule has 0 aliphatic carbocycles. The molecule has 1 atom stereocenters. The predicted molar refractivity (Wildman–Crippen MR) is 53.3 cm³/mol. The van der Waals surface area contributed by atoms with Gasteiger partial charge in [-0.05, 0) is 11.6 Å². The van der Waals surface area contributed by atoms with Gasteiger partial charge in [0.05, 0.1) is 16.6 Å². The van der Waals surface area contributed by atoms with Crippen LogP contribution in [0.5, 0.6) is 0 Å². The number of aliphatic hydroxyl groups is 1. The Morgan fingerprint density at radius 1 is 1.60 bits per heavy atom. The van der Waals surface area contributed by atoms with Crippen LogP contribution in [0.2, 0.25) is 0 Å². The second-order valence-corrected chi connectivity index (χ2v) is 3.27. The fourth-order valence-electron chi connectivity index (χ4n) is 1.19. The number of benzene rings is 1. The minimum Gasteiger partial charge on any atom is -0.396 e. The molecule has 15 heavy (non-hydrogen) atoms. The summed E-state index contributed by atoms with van der Waals surface area (Å²) in [6.07, 6.45) is 0. The molecule has 1 aromatic carbocycles. The molecule has 1 N–H and O–H groups in total. The zero-order chi connectivity index (χ0) is 11.4. The molecule has 1 unspecified atom stereocenters. The Labute approximate surface area is 86.7 Å². The molecule has 0 amide bonds. The maximum atomic E-state index is 10.6. The van der Waals surface area contributed by atoms with Gasteiger partial charge in [0.2, 0.25) is 0 Å². The summed E-state index contributed by atoms with van der Waals surface area (Å²) < 4.78 is 0. The first-order chi connectivity index (χ1) is 7.08. The quantitative estimate of drug-likeness (QED) is 0.600. The Morgan fingerprint density at radius 3 is 2.73 bits per heavy atom.